The summed E-state index contributed by atoms with van der Waals surface area (Å²) in [5, 5.41) is 13.3. The number of anilines is 2. The second-order valence-corrected chi connectivity index (χ2v) is 11.5. The van der Waals surface area contributed by atoms with Crippen LogP contribution in [0.2, 0.25) is 0 Å². The number of hydrogen-bond donors (Lipinski definition) is 2. The molecule has 8 heteroatoms. The number of nitrogens with zero attached hydrogens (tertiary/aromatic N) is 4. The molecule has 1 unspecified atom stereocenters. The topological polar surface area (TPSA) is 76.8 Å². The highest BCUT2D eigenvalue weighted by Crippen LogP contribution is 2.40. The maximum Gasteiger partial charge on any atom is 0.255 e. The molecule has 2 N–H and O–H groups in total. The smallest absolute Gasteiger partial charge is 0.255 e. The van der Waals surface area contributed by atoms with Gasteiger partial charge in [0.05, 0.1) is 5.57 Å². The molecule has 0 spiro atoms. The number of rotatable bonds is 9. The molecule has 1 amide bonds. The lowest BCUT2D eigenvalue weighted by atomic mass is 9.94. The van der Waals surface area contributed by atoms with Gasteiger partial charge in [0.25, 0.3) is 5.91 Å². The Hall–Kier alpha value is -4.30. The molecule has 1 aliphatic rings. The highest BCUT2D eigenvalue weighted by Gasteiger charge is 2.36. The number of aromatic nitrogens is 4. The van der Waals surface area contributed by atoms with E-state index in [-0.39, 0.29) is 5.91 Å². The van der Waals surface area contributed by atoms with Crippen LogP contribution in [0.15, 0.2) is 101 Å². The summed E-state index contributed by atoms with van der Waals surface area (Å²) < 4.78 is 4.15. The van der Waals surface area contributed by atoms with Crippen LogP contribution < -0.4 is 10.6 Å². The Morgan fingerprint density at radius 2 is 1.83 bits per heavy atom. The molecule has 0 saturated heterocycles. The number of aryl methyl sites for hydroxylation is 1. The molecular weight excluding hydrogens is 528 g/mol. The summed E-state index contributed by atoms with van der Waals surface area (Å²) in [6.07, 6.45) is 4.39. The summed E-state index contributed by atoms with van der Waals surface area (Å²) in [6.45, 7) is 6.87. The van der Waals surface area contributed by atoms with Crippen molar-refractivity contribution in [2.24, 2.45) is 0 Å². The second kappa shape index (κ2) is 11.7. The summed E-state index contributed by atoms with van der Waals surface area (Å²) in [7, 11) is 0. The molecule has 3 aromatic carbocycles. The summed E-state index contributed by atoms with van der Waals surface area (Å²) >= 11 is 1.65. The van der Waals surface area contributed by atoms with Gasteiger partial charge in [-0.15, -0.1) is 5.10 Å². The first-order chi connectivity index (χ1) is 20.0. The van der Waals surface area contributed by atoms with E-state index in [4.69, 9.17) is 10.1 Å². The van der Waals surface area contributed by atoms with Crippen molar-refractivity contribution >= 4 is 40.2 Å². The van der Waals surface area contributed by atoms with E-state index in [9.17, 15) is 4.79 Å². The highest BCUT2D eigenvalue weighted by molar-refractivity contribution is 7.99. The van der Waals surface area contributed by atoms with Crippen molar-refractivity contribution in [3.05, 3.63) is 113 Å². The summed E-state index contributed by atoms with van der Waals surface area (Å²) in [5.74, 6) is 1.44. The summed E-state index contributed by atoms with van der Waals surface area (Å²) in [4.78, 5) is 18.9. The lowest BCUT2D eigenvalue weighted by Crippen LogP contribution is -2.31. The van der Waals surface area contributed by atoms with Crippen LogP contribution in [0.4, 0.5) is 11.6 Å². The summed E-state index contributed by atoms with van der Waals surface area (Å²) in [6, 6.07) is 26.2. The predicted molar refractivity (Wildman–Crippen MR) is 167 cm³/mol. The number of amides is 1. The van der Waals surface area contributed by atoms with Gasteiger partial charge in [0.15, 0.2) is 0 Å². The van der Waals surface area contributed by atoms with Gasteiger partial charge in [0.1, 0.15) is 6.04 Å². The third-order valence-corrected chi connectivity index (χ3v) is 8.32. The SMILES string of the molecule is CCCCSc1nc2n(n1)C(c1cn(Cc3ccccc3)c3ccccc13)C(C(=O)Nc1cccc(C)c1)=C(C)N2. The Labute approximate surface area is 244 Å². The maximum atomic E-state index is 14.1. The highest BCUT2D eigenvalue weighted by atomic mass is 32.2. The van der Waals surface area contributed by atoms with Gasteiger partial charge < -0.3 is 15.2 Å². The fraction of sp³-hybridized carbons (Fsp3) is 0.242. The second-order valence-electron chi connectivity index (χ2n) is 10.5. The zero-order valence-electron chi connectivity index (χ0n) is 23.6. The van der Waals surface area contributed by atoms with Crippen molar-refractivity contribution in [3.63, 3.8) is 0 Å². The number of benzene rings is 3. The molecule has 7 nitrogen and oxygen atoms in total. The number of carbonyl (C=O) groups is 1. The fourth-order valence-corrected chi connectivity index (χ4v) is 6.32. The third-order valence-electron chi connectivity index (χ3n) is 7.39. The number of allylic oxidation sites excluding steroid dienone is 1. The zero-order chi connectivity index (χ0) is 28.3. The maximum absolute atomic E-state index is 14.1. The van der Waals surface area contributed by atoms with Crippen molar-refractivity contribution in [1.29, 1.82) is 0 Å². The van der Waals surface area contributed by atoms with Crippen molar-refractivity contribution in [3.8, 4) is 0 Å². The van der Waals surface area contributed by atoms with Crippen LogP contribution in [-0.2, 0) is 11.3 Å². The number of carbonyl (C=O) groups excluding carboxylic acids is 1. The molecule has 0 fully saturated rings. The van der Waals surface area contributed by atoms with Crippen LogP contribution in [0.25, 0.3) is 10.9 Å². The van der Waals surface area contributed by atoms with E-state index < -0.39 is 6.04 Å². The van der Waals surface area contributed by atoms with Gasteiger partial charge in [-0.2, -0.15) is 4.98 Å². The Morgan fingerprint density at radius 1 is 1.02 bits per heavy atom. The lowest BCUT2D eigenvalue weighted by Gasteiger charge is -2.28. The Balaban J connectivity index is 1.47. The molecule has 5 aromatic rings. The van der Waals surface area contributed by atoms with Gasteiger partial charge >= 0.3 is 0 Å². The molecule has 41 heavy (non-hydrogen) atoms. The third kappa shape index (κ3) is 5.52. The molecule has 0 bridgehead atoms. The van der Waals surface area contributed by atoms with E-state index >= 15 is 0 Å². The normalized spacial score (nSPS) is 14.7. The minimum absolute atomic E-state index is 0.160. The van der Waals surface area contributed by atoms with Gasteiger partial charge in [-0.05, 0) is 49.6 Å². The zero-order valence-corrected chi connectivity index (χ0v) is 24.4. The Morgan fingerprint density at radius 3 is 2.63 bits per heavy atom. The average Bonchev–Trinajstić information content (AvgIpc) is 3.54. The van der Waals surface area contributed by atoms with Crippen LogP contribution in [0, 0.1) is 6.92 Å². The Bertz CT molecular complexity index is 1740. The van der Waals surface area contributed by atoms with Crippen LogP contribution in [0.5, 0.6) is 0 Å². The minimum Gasteiger partial charge on any atom is -0.343 e. The number of fused-ring (bicyclic) bond motifs is 2. The lowest BCUT2D eigenvalue weighted by molar-refractivity contribution is -0.113. The van der Waals surface area contributed by atoms with Crippen molar-refractivity contribution < 1.29 is 4.79 Å². The number of para-hydroxylation sites is 1. The van der Waals surface area contributed by atoms with E-state index in [2.05, 4.69) is 76.9 Å². The van der Waals surface area contributed by atoms with E-state index in [1.165, 1.54) is 5.56 Å². The van der Waals surface area contributed by atoms with E-state index in [1.807, 2.05) is 48.9 Å². The van der Waals surface area contributed by atoms with Crippen molar-refractivity contribution in [2.75, 3.05) is 16.4 Å². The van der Waals surface area contributed by atoms with Gasteiger partial charge in [0, 0.05) is 46.3 Å². The number of thioether (sulfide) groups is 1. The first kappa shape index (κ1) is 26.9. The van der Waals surface area contributed by atoms with Crippen LogP contribution in [-0.4, -0.2) is 31.0 Å². The average molecular weight is 563 g/mol. The molecule has 2 aromatic heterocycles. The molecule has 1 aliphatic heterocycles. The molecule has 0 aliphatic carbocycles. The molecule has 6 rings (SSSR count). The quantitative estimate of drug-likeness (QED) is 0.145. The molecule has 3 heterocycles. The fourth-order valence-electron chi connectivity index (χ4n) is 5.41. The van der Waals surface area contributed by atoms with Crippen LogP contribution in [0.3, 0.4) is 0 Å². The van der Waals surface area contributed by atoms with Gasteiger partial charge in [-0.3, -0.25) is 4.79 Å². The first-order valence-electron chi connectivity index (χ1n) is 14.1. The predicted octanol–water partition coefficient (Wildman–Crippen LogP) is 7.41. The van der Waals surface area contributed by atoms with E-state index in [0.717, 1.165) is 58.6 Å². The van der Waals surface area contributed by atoms with Gasteiger partial charge in [0.2, 0.25) is 11.1 Å². The monoisotopic (exact) mass is 562 g/mol. The molecule has 0 radical (unpaired) electrons. The van der Waals surface area contributed by atoms with Gasteiger partial charge in [-0.1, -0.05) is 85.8 Å². The van der Waals surface area contributed by atoms with E-state index in [0.29, 0.717) is 16.7 Å². The first-order valence-corrected chi connectivity index (χ1v) is 15.1. The molecular formula is C33H34N6OS. The molecule has 0 saturated carbocycles. The van der Waals surface area contributed by atoms with Gasteiger partial charge in [-0.25, -0.2) is 4.68 Å². The van der Waals surface area contributed by atoms with Crippen LogP contribution >= 0.6 is 11.8 Å². The largest absolute Gasteiger partial charge is 0.343 e. The van der Waals surface area contributed by atoms with Crippen molar-refractivity contribution in [1.82, 2.24) is 19.3 Å². The Kier molecular flexibility index (Phi) is 7.65. The number of hydrogen-bond acceptors (Lipinski definition) is 5. The van der Waals surface area contributed by atoms with E-state index in [1.54, 1.807) is 11.8 Å². The summed E-state index contributed by atoms with van der Waals surface area (Å²) in [5.41, 5.74) is 6.58. The number of nitrogens with one attached hydrogen (secondary N) is 2. The van der Waals surface area contributed by atoms with Crippen molar-refractivity contribution in [2.45, 2.75) is 51.4 Å². The molecule has 208 valence electrons. The van der Waals surface area contributed by atoms with Crippen LogP contribution in [0.1, 0.15) is 49.4 Å². The standard InChI is InChI=1S/C33H34N6OS/c1-4-5-18-41-33-36-32-34-23(3)29(31(40)35-25-15-11-12-22(2)19-25)30(39(32)37-33)27-21-38(20-24-13-7-6-8-14-24)28-17-10-9-16-26(27)28/h6-17,19,21,30H,4-5,18,20H2,1-3H3,(H,35,40)(H,34,36,37). The minimum atomic E-state index is -0.453. The number of unbranched alkanes of at least 4 members (excludes halogenated alkanes) is 1. The molecule has 1 atom stereocenters.